The molecule has 0 heterocycles. The van der Waals surface area contributed by atoms with Gasteiger partial charge in [-0.15, -0.1) is 0 Å². The standard InChI is InChI=1S/C11H13NO2/c1-14-11(13)10(12)9-6-7-4-2-3-5-8(7)9/h2-5,9-10H,6,12H2,1H3/t9-,10+/m1/s1. The van der Waals surface area contributed by atoms with Crippen LogP contribution < -0.4 is 5.73 Å². The molecule has 3 nitrogen and oxygen atoms in total. The van der Waals surface area contributed by atoms with Crippen LogP contribution in [-0.2, 0) is 16.0 Å². The molecule has 14 heavy (non-hydrogen) atoms. The molecule has 1 aliphatic rings. The van der Waals surface area contributed by atoms with Crippen molar-refractivity contribution in [3.8, 4) is 0 Å². The van der Waals surface area contributed by atoms with Gasteiger partial charge in [0.1, 0.15) is 6.04 Å². The summed E-state index contributed by atoms with van der Waals surface area (Å²) in [6, 6.07) is 7.53. The second-order valence-corrected chi connectivity index (χ2v) is 3.56. The lowest BCUT2D eigenvalue weighted by Crippen LogP contribution is -2.42. The van der Waals surface area contributed by atoms with E-state index in [-0.39, 0.29) is 11.9 Å². The van der Waals surface area contributed by atoms with Crippen LogP contribution in [0.4, 0.5) is 0 Å². The summed E-state index contributed by atoms with van der Waals surface area (Å²) in [5.74, 6) is -0.192. The van der Waals surface area contributed by atoms with Crippen molar-refractivity contribution in [2.24, 2.45) is 5.73 Å². The molecule has 0 aliphatic heterocycles. The predicted molar refractivity (Wildman–Crippen MR) is 52.9 cm³/mol. The first-order valence-electron chi connectivity index (χ1n) is 4.65. The van der Waals surface area contributed by atoms with Gasteiger partial charge in [-0.2, -0.15) is 0 Å². The van der Waals surface area contributed by atoms with Crippen LogP contribution in [0.3, 0.4) is 0 Å². The highest BCUT2D eigenvalue weighted by molar-refractivity contribution is 5.77. The molecule has 0 saturated carbocycles. The van der Waals surface area contributed by atoms with Gasteiger partial charge in [-0.3, -0.25) is 4.79 Å². The van der Waals surface area contributed by atoms with Crippen molar-refractivity contribution >= 4 is 5.97 Å². The van der Waals surface area contributed by atoms with Crippen molar-refractivity contribution in [3.63, 3.8) is 0 Å². The average Bonchev–Trinajstić information content (AvgIpc) is 2.18. The summed E-state index contributed by atoms with van der Waals surface area (Å²) < 4.78 is 4.62. The molecular formula is C11H13NO2. The number of benzene rings is 1. The van der Waals surface area contributed by atoms with E-state index < -0.39 is 6.04 Å². The van der Waals surface area contributed by atoms with Gasteiger partial charge in [0.2, 0.25) is 0 Å². The number of hydrogen-bond acceptors (Lipinski definition) is 3. The summed E-state index contributed by atoms with van der Waals surface area (Å²) in [5.41, 5.74) is 8.25. The van der Waals surface area contributed by atoms with Crippen LogP contribution in [0.1, 0.15) is 17.0 Å². The van der Waals surface area contributed by atoms with Gasteiger partial charge >= 0.3 is 5.97 Å². The Bertz CT molecular complexity index is 362. The van der Waals surface area contributed by atoms with Crippen LogP contribution in [0.2, 0.25) is 0 Å². The Morgan fingerprint density at radius 1 is 1.57 bits per heavy atom. The molecule has 2 rings (SSSR count). The number of ether oxygens (including phenoxy) is 1. The molecule has 0 radical (unpaired) electrons. The number of rotatable bonds is 2. The third-order valence-corrected chi connectivity index (χ3v) is 2.80. The van der Waals surface area contributed by atoms with Crippen LogP contribution in [0.5, 0.6) is 0 Å². The molecule has 0 unspecified atom stereocenters. The second kappa shape index (κ2) is 3.42. The van der Waals surface area contributed by atoms with Gasteiger partial charge in [0.05, 0.1) is 7.11 Å². The molecule has 0 aromatic heterocycles. The minimum atomic E-state index is -0.519. The second-order valence-electron chi connectivity index (χ2n) is 3.56. The predicted octanol–water partition coefficient (Wildman–Crippen LogP) is 0.827. The molecule has 1 aromatic rings. The average molecular weight is 191 g/mol. The highest BCUT2D eigenvalue weighted by Crippen LogP contribution is 2.36. The maximum Gasteiger partial charge on any atom is 0.323 e. The van der Waals surface area contributed by atoms with Gasteiger partial charge in [-0.25, -0.2) is 0 Å². The Morgan fingerprint density at radius 3 is 2.93 bits per heavy atom. The molecule has 0 fully saturated rings. The largest absolute Gasteiger partial charge is 0.468 e. The summed E-state index contributed by atoms with van der Waals surface area (Å²) in [6.07, 6.45) is 0.881. The van der Waals surface area contributed by atoms with E-state index in [4.69, 9.17) is 5.73 Å². The molecule has 74 valence electrons. The van der Waals surface area contributed by atoms with E-state index in [1.807, 2.05) is 18.2 Å². The van der Waals surface area contributed by atoms with Crippen LogP contribution in [0, 0.1) is 0 Å². The Labute approximate surface area is 82.9 Å². The molecule has 3 heteroatoms. The normalized spacial score (nSPS) is 20.6. The zero-order valence-electron chi connectivity index (χ0n) is 8.07. The molecule has 0 saturated heterocycles. The summed E-state index contributed by atoms with van der Waals surface area (Å²) in [4.78, 5) is 11.2. The highest BCUT2D eigenvalue weighted by Gasteiger charge is 2.34. The summed E-state index contributed by atoms with van der Waals surface area (Å²) in [7, 11) is 1.37. The van der Waals surface area contributed by atoms with E-state index in [0.29, 0.717) is 0 Å². The Hall–Kier alpha value is -1.35. The number of carbonyl (C=O) groups excluding carboxylic acids is 1. The van der Waals surface area contributed by atoms with Crippen molar-refractivity contribution in [2.45, 2.75) is 18.4 Å². The number of nitrogens with two attached hydrogens (primary N) is 1. The van der Waals surface area contributed by atoms with Crippen LogP contribution >= 0.6 is 0 Å². The quantitative estimate of drug-likeness (QED) is 0.704. The van der Waals surface area contributed by atoms with Crippen LogP contribution in [-0.4, -0.2) is 19.1 Å². The Kier molecular flexibility index (Phi) is 2.25. The van der Waals surface area contributed by atoms with Crippen molar-refractivity contribution in [2.75, 3.05) is 7.11 Å². The number of esters is 1. The van der Waals surface area contributed by atoms with Crippen molar-refractivity contribution in [1.29, 1.82) is 0 Å². The minimum Gasteiger partial charge on any atom is -0.468 e. The molecule has 1 aromatic carbocycles. The molecule has 2 N–H and O–H groups in total. The Balaban J connectivity index is 2.15. The van der Waals surface area contributed by atoms with Crippen molar-refractivity contribution in [1.82, 2.24) is 0 Å². The van der Waals surface area contributed by atoms with E-state index >= 15 is 0 Å². The molecule has 0 bridgehead atoms. The van der Waals surface area contributed by atoms with Crippen molar-refractivity contribution in [3.05, 3.63) is 35.4 Å². The zero-order chi connectivity index (χ0) is 10.1. The number of hydrogen-bond donors (Lipinski definition) is 1. The minimum absolute atomic E-state index is 0.138. The van der Waals surface area contributed by atoms with Gasteiger partial charge in [0.15, 0.2) is 0 Å². The first kappa shape index (κ1) is 9.21. The highest BCUT2D eigenvalue weighted by atomic mass is 16.5. The fraction of sp³-hybridized carbons (Fsp3) is 0.364. The number of methoxy groups -OCH3 is 1. The topological polar surface area (TPSA) is 52.3 Å². The maximum atomic E-state index is 11.2. The number of fused-ring (bicyclic) bond motifs is 1. The summed E-state index contributed by atoms with van der Waals surface area (Å²) in [6.45, 7) is 0. The van der Waals surface area contributed by atoms with E-state index in [9.17, 15) is 4.79 Å². The van der Waals surface area contributed by atoms with Crippen LogP contribution in [0.25, 0.3) is 0 Å². The molecule has 2 atom stereocenters. The van der Waals surface area contributed by atoms with Gasteiger partial charge in [0.25, 0.3) is 0 Å². The molecular weight excluding hydrogens is 178 g/mol. The van der Waals surface area contributed by atoms with E-state index in [0.717, 1.165) is 6.42 Å². The van der Waals surface area contributed by atoms with E-state index in [1.54, 1.807) is 0 Å². The van der Waals surface area contributed by atoms with Gasteiger partial charge < -0.3 is 10.5 Å². The first-order valence-corrected chi connectivity index (χ1v) is 4.65. The number of carbonyl (C=O) groups is 1. The SMILES string of the molecule is COC(=O)[C@@H](N)[C@@H]1Cc2ccccc21. The van der Waals surface area contributed by atoms with Gasteiger partial charge in [-0.1, -0.05) is 24.3 Å². The lowest BCUT2D eigenvalue weighted by molar-refractivity contribution is -0.142. The fourth-order valence-electron chi connectivity index (χ4n) is 1.92. The lowest BCUT2D eigenvalue weighted by Gasteiger charge is -2.33. The maximum absolute atomic E-state index is 11.2. The van der Waals surface area contributed by atoms with Crippen molar-refractivity contribution < 1.29 is 9.53 Å². The summed E-state index contributed by atoms with van der Waals surface area (Å²) >= 11 is 0. The van der Waals surface area contributed by atoms with E-state index in [1.165, 1.54) is 18.2 Å². The zero-order valence-corrected chi connectivity index (χ0v) is 8.07. The fourth-order valence-corrected chi connectivity index (χ4v) is 1.92. The Morgan fingerprint density at radius 2 is 2.29 bits per heavy atom. The third-order valence-electron chi connectivity index (χ3n) is 2.80. The molecule has 1 aliphatic carbocycles. The summed E-state index contributed by atoms with van der Waals surface area (Å²) in [5, 5.41) is 0. The van der Waals surface area contributed by atoms with Gasteiger partial charge in [0, 0.05) is 5.92 Å². The third kappa shape index (κ3) is 1.30. The first-order chi connectivity index (χ1) is 6.74. The van der Waals surface area contributed by atoms with Crippen LogP contribution in [0.15, 0.2) is 24.3 Å². The molecule has 0 spiro atoms. The van der Waals surface area contributed by atoms with Gasteiger partial charge in [-0.05, 0) is 17.5 Å². The monoisotopic (exact) mass is 191 g/mol. The van der Waals surface area contributed by atoms with E-state index in [2.05, 4.69) is 10.8 Å². The molecule has 0 amide bonds. The smallest absolute Gasteiger partial charge is 0.323 e. The lowest BCUT2D eigenvalue weighted by atomic mass is 9.74.